The third-order valence-corrected chi connectivity index (χ3v) is 1.18. The fourth-order valence-corrected chi connectivity index (χ4v) is 0.520. The molecular formula is C10H23Cl. The molecule has 0 aromatic heterocycles. The molecule has 70 valence electrons. The second-order valence-electron chi connectivity index (χ2n) is 1.41. The van der Waals surface area contributed by atoms with Crippen LogP contribution in [0.15, 0.2) is 11.1 Å². The maximum atomic E-state index is 5.63. The Labute approximate surface area is 77.6 Å². The van der Waals surface area contributed by atoms with E-state index in [2.05, 4.69) is 13.8 Å². The second-order valence-corrected chi connectivity index (χ2v) is 1.90. The summed E-state index contributed by atoms with van der Waals surface area (Å²) in [5.41, 5.74) is 0. The first-order valence-corrected chi connectivity index (χ1v) is 5.03. The maximum absolute atomic E-state index is 5.63. The first-order valence-electron chi connectivity index (χ1n) is 4.65. The van der Waals surface area contributed by atoms with Crippen molar-refractivity contribution >= 4 is 11.6 Å². The molecule has 0 aliphatic rings. The van der Waals surface area contributed by atoms with Crippen LogP contribution in [0.3, 0.4) is 0 Å². The van der Waals surface area contributed by atoms with Crippen LogP contribution in [0.25, 0.3) is 0 Å². The van der Waals surface area contributed by atoms with Gasteiger partial charge in [0.25, 0.3) is 0 Å². The van der Waals surface area contributed by atoms with Gasteiger partial charge in [-0.25, -0.2) is 0 Å². The summed E-state index contributed by atoms with van der Waals surface area (Å²) in [6, 6.07) is 0. The summed E-state index contributed by atoms with van der Waals surface area (Å²) >= 11 is 5.63. The molecule has 0 aromatic rings. The van der Waals surface area contributed by atoms with Gasteiger partial charge in [0.1, 0.15) is 0 Å². The first kappa shape index (κ1) is 17.2. The van der Waals surface area contributed by atoms with E-state index >= 15 is 0 Å². The molecule has 0 atom stereocenters. The third-order valence-electron chi connectivity index (χ3n) is 0.763. The molecule has 0 N–H and O–H groups in total. The standard InChI is InChI=1S/C6H11Cl.2C2H6/c1-3-5-6(7)4-2;2*1-2/h5H,3-4H2,1-2H3;2*1-2H3/b6-5+;;. The Morgan fingerprint density at radius 3 is 1.55 bits per heavy atom. The molecule has 0 saturated heterocycles. The SMILES string of the molecule is CC.CC.CC/C=C(/Cl)CC. The fourth-order valence-electron chi connectivity index (χ4n) is 0.366. The van der Waals surface area contributed by atoms with Crippen molar-refractivity contribution < 1.29 is 0 Å². The van der Waals surface area contributed by atoms with Gasteiger partial charge in [0, 0.05) is 5.03 Å². The van der Waals surface area contributed by atoms with Gasteiger partial charge in [0.2, 0.25) is 0 Å². The van der Waals surface area contributed by atoms with E-state index in [1.165, 1.54) is 0 Å². The Bertz CT molecular complexity index is 65.3. The van der Waals surface area contributed by atoms with Gasteiger partial charge in [-0.2, -0.15) is 0 Å². The van der Waals surface area contributed by atoms with Gasteiger partial charge in [-0.05, 0) is 12.8 Å². The third kappa shape index (κ3) is 25.6. The van der Waals surface area contributed by atoms with Gasteiger partial charge in [0.15, 0.2) is 0 Å². The molecule has 1 heteroatoms. The molecule has 0 spiro atoms. The molecule has 0 unspecified atom stereocenters. The van der Waals surface area contributed by atoms with E-state index < -0.39 is 0 Å². The normalized spacial score (nSPS) is 8.82. The molecule has 0 rings (SSSR count). The Hall–Kier alpha value is 0.0300. The Balaban J connectivity index is -0.000000138. The molecule has 0 aliphatic heterocycles. The minimum Gasteiger partial charge on any atom is -0.0895 e. The highest BCUT2D eigenvalue weighted by atomic mass is 35.5. The van der Waals surface area contributed by atoms with E-state index in [1.54, 1.807) is 0 Å². The van der Waals surface area contributed by atoms with Crippen molar-refractivity contribution in [1.29, 1.82) is 0 Å². The van der Waals surface area contributed by atoms with Crippen molar-refractivity contribution in [2.75, 3.05) is 0 Å². The van der Waals surface area contributed by atoms with E-state index in [4.69, 9.17) is 11.6 Å². The Morgan fingerprint density at radius 2 is 1.45 bits per heavy atom. The predicted molar refractivity (Wildman–Crippen MR) is 57.2 cm³/mol. The lowest BCUT2D eigenvalue weighted by atomic mass is 10.3. The fraction of sp³-hybridized carbons (Fsp3) is 0.800. The molecule has 0 aromatic carbocycles. The lowest BCUT2D eigenvalue weighted by molar-refractivity contribution is 1.13. The zero-order valence-corrected chi connectivity index (χ0v) is 9.63. The van der Waals surface area contributed by atoms with Gasteiger partial charge in [-0.3, -0.25) is 0 Å². The van der Waals surface area contributed by atoms with Crippen LogP contribution < -0.4 is 0 Å². The zero-order chi connectivity index (χ0) is 9.70. The summed E-state index contributed by atoms with van der Waals surface area (Å²) in [4.78, 5) is 0. The van der Waals surface area contributed by atoms with Crippen molar-refractivity contribution in [1.82, 2.24) is 0 Å². The largest absolute Gasteiger partial charge is 0.0895 e. The first-order chi connectivity index (χ1) is 5.31. The Kier molecular flexibility index (Phi) is 35.2. The Morgan fingerprint density at radius 1 is 1.09 bits per heavy atom. The minimum absolute atomic E-state index is 0.968. The monoisotopic (exact) mass is 178 g/mol. The van der Waals surface area contributed by atoms with E-state index in [-0.39, 0.29) is 0 Å². The molecule has 0 saturated carbocycles. The second kappa shape index (κ2) is 22.5. The van der Waals surface area contributed by atoms with Crippen molar-refractivity contribution in [2.24, 2.45) is 0 Å². The molecule has 0 radical (unpaired) electrons. The van der Waals surface area contributed by atoms with Crippen LogP contribution in [0.5, 0.6) is 0 Å². The van der Waals surface area contributed by atoms with Crippen molar-refractivity contribution in [3.8, 4) is 0 Å². The van der Waals surface area contributed by atoms with E-state index in [0.29, 0.717) is 0 Å². The number of halogens is 1. The summed E-state index contributed by atoms with van der Waals surface area (Å²) < 4.78 is 0. The van der Waals surface area contributed by atoms with Crippen molar-refractivity contribution in [3.63, 3.8) is 0 Å². The van der Waals surface area contributed by atoms with Gasteiger partial charge in [0.05, 0.1) is 0 Å². The smallest absolute Gasteiger partial charge is 0.0138 e. The lowest BCUT2D eigenvalue weighted by Gasteiger charge is -1.85. The molecule has 0 fully saturated rings. The highest BCUT2D eigenvalue weighted by Gasteiger charge is 1.80. The summed E-state index contributed by atoms with van der Waals surface area (Å²) in [5.74, 6) is 0. The van der Waals surface area contributed by atoms with Gasteiger partial charge in [-0.15, -0.1) is 0 Å². The molecule has 0 heterocycles. The molecule has 11 heavy (non-hydrogen) atoms. The van der Waals surface area contributed by atoms with Gasteiger partial charge >= 0.3 is 0 Å². The van der Waals surface area contributed by atoms with Crippen LogP contribution in [-0.2, 0) is 0 Å². The van der Waals surface area contributed by atoms with E-state index in [9.17, 15) is 0 Å². The van der Waals surface area contributed by atoms with E-state index in [1.807, 2.05) is 33.8 Å². The average Bonchev–Trinajstić information content (AvgIpc) is 2.12. The van der Waals surface area contributed by atoms with Crippen molar-refractivity contribution in [3.05, 3.63) is 11.1 Å². The average molecular weight is 179 g/mol. The lowest BCUT2D eigenvalue weighted by Crippen LogP contribution is -1.63. The van der Waals surface area contributed by atoms with Crippen LogP contribution in [0.2, 0.25) is 0 Å². The zero-order valence-electron chi connectivity index (χ0n) is 8.87. The predicted octanol–water partition coefficient (Wildman–Crippen LogP) is 4.98. The molecule has 0 nitrogen and oxygen atoms in total. The highest BCUT2D eigenvalue weighted by Crippen LogP contribution is 2.05. The number of hydrogen-bond donors (Lipinski definition) is 0. The van der Waals surface area contributed by atoms with Crippen LogP contribution in [0.1, 0.15) is 54.4 Å². The summed E-state index contributed by atoms with van der Waals surface area (Å²) in [6.45, 7) is 12.1. The maximum Gasteiger partial charge on any atom is 0.0138 e. The number of hydrogen-bond acceptors (Lipinski definition) is 0. The topological polar surface area (TPSA) is 0 Å². The molecule has 0 aliphatic carbocycles. The van der Waals surface area contributed by atoms with Crippen molar-refractivity contribution in [2.45, 2.75) is 54.4 Å². The highest BCUT2D eigenvalue weighted by molar-refractivity contribution is 6.29. The van der Waals surface area contributed by atoms with Crippen LogP contribution in [-0.4, -0.2) is 0 Å². The minimum atomic E-state index is 0.968. The molecular weight excluding hydrogens is 156 g/mol. The summed E-state index contributed by atoms with van der Waals surface area (Å²) in [5, 5.41) is 0.975. The molecule has 0 amide bonds. The van der Waals surface area contributed by atoms with Crippen LogP contribution >= 0.6 is 11.6 Å². The van der Waals surface area contributed by atoms with Crippen LogP contribution in [0, 0.1) is 0 Å². The van der Waals surface area contributed by atoms with Gasteiger partial charge < -0.3 is 0 Å². The van der Waals surface area contributed by atoms with E-state index in [0.717, 1.165) is 17.9 Å². The number of allylic oxidation sites excluding steroid dienone is 2. The number of rotatable bonds is 2. The van der Waals surface area contributed by atoms with Gasteiger partial charge in [-0.1, -0.05) is 59.2 Å². The summed E-state index contributed by atoms with van der Waals surface area (Å²) in [7, 11) is 0. The molecule has 0 bridgehead atoms. The quantitative estimate of drug-likeness (QED) is 0.560. The van der Waals surface area contributed by atoms with Crippen LogP contribution in [0.4, 0.5) is 0 Å². The summed E-state index contributed by atoms with van der Waals surface area (Å²) in [6.07, 6.45) is 4.05.